The van der Waals surface area contributed by atoms with E-state index in [1.165, 1.54) is 4.90 Å². The van der Waals surface area contributed by atoms with E-state index in [-0.39, 0.29) is 17.3 Å². The minimum absolute atomic E-state index is 0.0831. The first-order valence-electron chi connectivity index (χ1n) is 12.9. The lowest BCUT2D eigenvalue weighted by molar-refractivity contribution is -0.139. The number of amides is 2. The zero-order valence-corrected chi connectivity index (χ0v) is 24.6. The van der Waals surface area contributed by atoms with E-state index in [0.717, 1.165) is 33.0 Å². The molecule has 0 fully saturated rings. The van der Waals surface area contributed by atoms with Crippen molar-refractivity contribution < 1.29 is 18.0 Å². The number of sulfonamides is 1. The number of anilines is 1. The lowest BCUT2D eigenvalue weighted by Gasteiger charge is -2.32. The molecule has 0 bridgehead atoms. The molecule has 0 spiro atoms. The molecule has 3 rings (SSSR count). The molecule has 9 heteroatoms. The molecule has 0 aliphatic carbocycles. The average molecular weight is 570 g/mol. The summed E-state index contributed by atoms with van der Waals surface area (Å²) in [5.74, 6) is -0.806. The van der Waals surface area contributed by atoms with Gasteiger partial charge in [0.2, 0.25) is 11.8 Å². The van der Waals surface area contributed by atoms with Crippen LogP contribution in [-0.2, 0) is 26.2 Å². The topological polar surface area (TPSA) is 86.8 Å². The molecule has 0 aliphatic rings. The highest BCUT2D eigenvalue weighted by atomic mass is 35.5. The van der Waals surface area contributed by atoms with Crippen LogP contribution in [0, 0.1) is 20.8 Å². The zero-order chi connectivity index (χ0) is 28.7. The highest BCUT2D eigenvalue weighted by molar-refractivity contribution is 7.92. The third-order valence-electron chi connectivity index (χ3n) is 6.72. The van der Waals surface area contributed by atoms with Crippen molar-refractivity contribution in [2.24, 2.45) is 0 Å². The Kier molecular flexibility index (Phi) is 10.2. The number of hydrogen-bond acceptors (Lipinski definition) is 4. The Balaban J connectivity index is 2.05. The Morgan fingerprint density at radius 3 is 2.21 bits per heavy atom. The predicted molar refractivity (Wildman–Crippen MR) is 156 cm³/mol. The largest absolute Gasteiger partial charge is 0.354 e. The van der Waals surface area contributed by atoms with Crippen LogP contribution in [0.2, 0.25) is 5.02 Å². The molecular formula is C30H36ClN3O4S. The van der Waals surface area contributed by atoms with Crippen molar-refractivity contribution in [2.45, 2.75) is 58.5 Å². The summed E-state index contributed by atoms with van der Waals surface area (Å²) in [4.78, 5) is 28.4. The van der Waals surface area contributed by atoms with Gasteiger partial charge in [-0.05, 0) is 81.1 Å². The van der Waals surface area contributed by atoms with Gasteiger partial charge >= 0.3 is 0 Å². The second-order valence-corrected chi connectivity index (χ2v) is 12.0. The minimum atomic E-state index is -4.11. The van der Waals surface area contributed by atoms with Gasteiger partial charge in [-0.15, -0.1) is 0 Å². The maximum atomic E-state index is 14.0. The van der Waals surface area contributed by atoms with Gasteiger partial charge in [0, 0.05) is 18.1 Å². The van der Waals surface area contributed by atoms with Crippen molar-refractivity contribution in [1.29, 1.82) is 0 Å². The summed E-state index contributed by atoms with van der Waals surface area (Å²) in [7, 11) is -4.11. The van der Waals surface area contributed by atoms with Gasteiger partial charge in [0.05, 0.1) is 10.6 Å². The summed E-state index contributed by atoms with van der Waals surface area (Å²) in [6.45, 7) is 9.31. The molecule has 0 heterocycles. The molecule has 3 aromatic rings. The normalized spacial score (nSPS) is 12.1. The van der Waals surface area contributed by atoms with E-state index in [1.54, 1.807) is 67.6 Å². The maximum absolute atomic E-state index is 14.0. The van der Waals surface area contributed by atoms with Gasteiger partial charge in [-0.1, -0.05) is 60.5 Å². The number of rotatable bonds is 11. The van der Waals surface area contributed by atoms with Gasteiger partial charge in [0.15, 0.2) is 0 Å². The zero-order valence-electron chi connectivity index (χ0n) is 23.1. The molecule has 0 aliphatic heterocycles. The van der Waals surface area contributed by atoms with Crippen molar-refractivity contribution >= 4 is 39.1 Å². The van der Waals surface area contributed by atoms with Crippen molar-refractivity contribution in [3.05, 3.63) is 94.0 Å². The highest BCUT2D eigenvalue weighted by Gasteiger charge is 2.33. The monoisotopic (exact) mass is 569 g/mol. The smallest absolute Gasteiger partial charge is 0.264 e. The van der Waals surface area contributed by atoms with Crippen LogP contribution < -0.4 is 9.62 Å². The quantitative estimate of drug-likeness (QED) is 0.335. The second-order valence-electron chi connectivity index (χ2n) is 9.66. The summed E-state index contributed by atoms with van der Waals surface area (Å²) in [5.41, 5.74) is 3.75. The Morgan fingerprint density at radius 1 is 0.949 bits per heavy atom. The van der Waals surface area contributed by atoms with Crippen LogP contribution in [0.5, 0.6) is 0 Å². The van der Waals surface area contributed by atoms with E-state index < -0.39 is 28.5 Å². The van der Waals surface area contributed by atoms with E-state index in [9.17, 15) is 18.0 Å². The molecule has 7 nitrogen and oxygen atoms in total. The fraction of sp³-hybridized carbons (Fsp3) is 0.333. The number of aryl methyl sites for hydroxylation is 2. The SMILES string of the molecule is CCCNC(=O)[C@@H](C)N(Cc1ccc(Cl)cc1)C(=O)CN(c1cccc(C)c1C)S(=O)(=O)c1ccc(C)cc1. The van der Waals surface area contributed by atoms with E-state index >= 15 is 0 Å². The molecule has 0 unspecified atom stereocenters. The molecule has 39 heavy (non-hydrogen) atoms. The Morgan fingerprint density at radius 2 is 1.59 bits per heavy atom. The summed E-state index contributed by atoms with van der Waals surface area (Å²) in [6.07, 6.45) is 0.749. The molecule has 0 saturated carbocycles. The Labute approximate surface area is 236 Å². The number of halogens is 1. The molecular weight excluding hydrogens is 534 g/mol. The van der Waals surface area contributed by atoms with Gasteiger partial charge in [-0.3, -0.25) is 13.9 Å². The van der Waals surface area contributed by atoms with Crippen LogP contribution in [0.4, 0.5) is 5.69 Å². The number of carbonyl (C=O) groups is 2. The van der Waals surface area contributed by atoms with Crippen LogP contribution in [-0.4, -0.2) is 44.3 Å². The van der Waals surface area contributed by atoms with Crippen LogP contribution in [0.15, 0.2) is 71.6 Å². The van der Waals surface area contributed by atoms with Gasteiger partial charge in [0.1, 0.15) is 12.6 Å². The molecule has 0 radical (unpaired) electrons. The number of carbonyl (C=O) groups excluding carboxylic acids is 2. The van der Waals surface area contributed by atoms with Crippen LogP contribution in [0.1, 0.15) is 42.5 Å². The summed E-state index contributed by atoms with van der Waals surface area (Å²) in [6, 6.07) is 18.1. The Hall–Kier alpha value is -3.36. The molecule has 0 saturated heterocycles. The van der Waals surface area contributed by atoms with E-state index in [4.69, 9.17) is 11.6 Å². The first-order chi connectivity index (χ1) is 18.4. The molecule has 2 amide bonds. The molecule has 0 aromatic heterocycles. The lowest BCUT2D eigenvalue weighted by Crippen LogP contribution is -2.51. The van der Waals surface area contributed by atoms with Crippen molar-refractivity contribution in [1.82, 2.24) is 10.2 Å². The van der Waals surface area contributed by atoms with Crippen LogP contribution >= 0.6 is 11.6 Å². The first-order valence-corrected chi connectivity index (χ1v) is 14.7. The molecule has 208 valence electrons. The number of nitrogens with zero attached hydrogens (tertiary/aromatic N) is 2. The van der Waals surface area contributed by atoms with Gasteiger partial charge < -0.3 is 10.2 Å². The van der Waals surface area contributed by atoms with Crippen molar-refractivity contribution in [2.75, 3.05) is 17.4 Å². The first kappa shape index (κ1) is 30.2. The third-order valence-corrected chi connectivity index (χ3v) is 8.74. The standard InChI is InChI=1S/C30H36ClN3O4S/c1-6-18-32-30(36)24(5)33(19-25-12-14-26(31)15-13-25)29(35)20-34(28-9-7-8-22(3)23(28)4)39(37,38)27-16-10-21(2)11-17-27/h7-17,24H,6,18-20H2,1-5H3,(H,32,36)/t24-/m1/s1. The number of benzene rings is 3. The van der Waals surface area contributed by atoms with Crippen molar-refractivity contribution in [3.8, 4) is 0 Å². The highest BCUT2D eigenvalue weighted by Crippen LogP contribution is 2.29. The Bertz CT molecular complexity index is 1410. The van der Waals surface area contributed by atoms with Crippen molar-refractivity contribution in [3.63, 3.8) is 0 Å². The fourth-order valence-electron chi connectivity index (χ4n) is 4.12. The lowest BCUT2D eigenvalue weighted by atomic mass is 10.1. The summed E-state index contributed by atoms with van der Waals surface area (Å²) < 4.78 is 29.1. The number of nitrogens with one attached hydrogen (secondary N) is 1. The summed E-state index contributed by atoms with van der Waals surface area (Å²) >= 11 is 6.05. The van der Waals surface area contributed by atoms with E-state index in [1.807, 2.05) is 33.8 Å². The average Bonchev–Trinajstić information content (AvgIpc) is 2.91. The minimum Gasteiger partial charge on any atom is -0.354 e. The summed E-state index contributed by atoms with van der Waals surface area (Å²) in [5, 5.41) is 3.39. The predicted octanol–water partition coefficient (Wildman–Crippen LogP) is 5.40. The maximum Gasteiger partial charge on any atom is 0.264 e. The third kappa shape index (κ3) is 7.40. The van der Waals surface area contributed by atoms with Crippen LogP contribution in [0.25, 0.3) is 0 Å². The van der Waals surface area contributed by atoms with Gasteiger partial charge in [-0.2, -0.15) is 0 Å². The second kappa shape index (κ2) is 13.1. The number of hydrogen-bond donors (Lipinski definition) is 1. The molecule has 3 aromatic carbocycles. The van der Waals surface area contributed by atoms with Gasteiger partial charge in [0.25, 0.3) is 10.0 Å². The van der Waals surface area contributed by atoms with Gasteiger partial charge in [-0.25, -0.2) is 8.42 Å². The van der Waals surface area contributed by atoms with Crippen LogP contribution in [0.3, 0.4) is 0 Å². The van der Waals surface area contributed by atoms with E-state index in [2.05, 4.69) is 5.32 Å². The fourth-order valence-corrected chi connectivity index (χ4v) is 5.72. The van der Waals surface area contributed by atoms with E-state index in [0.29, 0.717) is 17.3 Å². The molecule has 1 atom stereocenters. The molecule has 1 N–H and O–H groups in total.